The van der Waals surface area contributed by atoms with Gasteiger partial charge in [0.2, 0.25) is 0 Å². The number of carbonyl (C=O) groups is 1. The van der Waals surface area contributed by atoms with Crippen molar-refractivity contribution < 1.29 is 24.1 Å². The first kappa shape index (κ1) is 26.8. The summed E-state index contributed by atoms with van der Waals surface area (Å²) in [7, 11) is 1.69. The Morgan fingerprint density at radius 3 is 2.68 bits per heavy atom. The molecule has 0 radical (unpaired) electrons. The maximum absolute atomic E-state index is 13.5. The highest BCUT2D eigenvalue weighted by Gasteiger charge is 2.28. The van der Waals surface area contributed by atoms with Crippen molar-refractivity contribution in [3.05, 3.63) is 47.5 Å². The summed E-state index contributed by atoms with van der Waals surface area (Å²) in [5.74, 6) is 1.57. The molecule has 0 bridgehead atoms. The number of carbonyl (C=O) groups excluding carboxylic acids is 1. The number of aliphatic hydroxyl groups is 1. The van der Waals surface area contributed by atoms with Gasteiger partial charge in [0.1, 0.15) is 18.1 Å². The average molecular weight is 524 g/mol. The number of β-amino-alcohol motifs (C(OH)–C–C–N with tert-alkyl or cyclic N) is 1. The zero-order chi connectivity index (χ0) is 26.7. The number of anilines is 2. The van der Waals surface area contributed by atoms with Crippen LogP contribution in [0.4, 0.5) is 11.4 Å². The van der Waals surface area contributed by atoms with Crippen molar-refractivity contribution in [1.82, 2.24) is 4.90 Å². The summed E-state index contributed by atoms with van der Waals surface area (Å²) in [4.78, 5) is 20.0. The number of amides is 1. The molecule has 206 valence electrons. The highest BCUT2D eigenvalue weighted by molar-refractivity contribution is 6.08. The van der Waals surface area contributed by atoms with E-state index in [4.69, 9.17) is 14.2 Å². The molecule has 0 unspecified atom stereocenters. The van der Waals surface area contributed by atoms with Crippen LogP contribution in [0.2, 0.25) is 0 Å². The van der Waals surface area contributed by atoms with Crippen LogP contribution in [0.15, 0.2) is 36.4 Å². The fourth-order valence-corrected chi connectivity index (χ4v) is 5.78. The van der Waals surface area contributed by atoms with E-state index in [1.54, 1.807) is 7.11 Å². The lowest BCUT2D eigenvalue weighted by Gasteiger charge is -2.31. The molecule has 3 heterocycles. The van der Waals surface area contributed by atoms with Crippen molar-refractivity contribution >= 4 is 17.3 Å². The van der Waals surface area contributed by atoms with E-state index in [-0.39, 0.29) is 12.0 Å². The average Bonchev–Trinajstić information content (AvgIpc) is 3.32. The number of rotatable bonds is 8. The molecule has 3 aliphatic rings. The third kappa shape index (κ3) is 6.25. The first-order valence-corrected chi connectivity index (χ1v) is 13.9. The van der Waals surface area contributed by atoms with Crippen molar-refractivity contribution in [3.8, 4) is 11.5 Å². The van der Waals surface area contributed by atoms with Crippen LogP contribution in [0.3, 0.4) is 0 Å². The highest BCUT2D eigenvalue weighted by Crippen LogP contribution is 2.35. The number of benzene rings is 2. The predicted octanol–water partition coefficient (Wildman–Crippen LogP) is 3.74. The second-order valence-corrected chi connectivity index (χ2v) is 11.3. The van der Waals surface area contributed by atoms with Gasteiger partial charge in [-0.25, -0.2) is 0 Å². The number of nitrogens with zero attached hydrogens (tertiary/aromatic N) is 3. The Morgan fingerprint density at radius 1 is 1.05 bits per heavy atom. The molecule has 8 heteroatoms. The fourth-order valence-electron chi connectivity index (χ4n) is 5.78. The monoisotopic (exact) mass is 523 g/mol. The minimum Gasteiger partial charge on any atom is -0.495 e. The maximum atomic E-state index is 13.5. The van der Waals surface area contributed by atoms with Crippen LogP contribution in [0.1, 0.15) is 49.0 Å². The molecule has 0 aromatic heterocycles. The summed E-state index contributed by atoms with van der Waals surface area (Å²) >= 11 is 0. The zero-order valence-corrected chi connectivity index (χ0v) is 22.9. The molecule has 1 amide bonds. The number of methoxy groups -OCH3 is 1. The SMILES string of the molecule is COc1cc(N2CCc3cc(OC[C@@H]4CCCO4)ccc3C2=O)ccc1N1CCCN(CC(C)(C)O)CC1. The third-order valence-electron chi connectivity index (χ3n) is 7.63. The number of hydrogen-bond donors (Lipinski definition) is 1. The van der Waals surface area contributed by atoms with E-state index >= 15 is 0 Å². The van der Waals surface area contributed by atoms with Gasteiger partial charge in [0.05, 0.1) is 24.5 Å². The van der Waals surface area contributed by atoms with Crippen LogP contribution in [-0.4, -0.2) is 87.2 Å². The minimum atomic E-state index is -0.701. The molecule has 0 saturated carbocycles. The fraction of sp³-hybridized carbons (Fsp3) is 0.567. The summed E-state index contributed by atoms with van der Waals surface area (Å²) in [5, 5.41) is 10.2. The van der Waals surface area contributed by atoms with E-state index in [9.17, 15) is 9.90 Å². The van der Waals surface area contributed by atoms with Gasteiger partial charge in [-0.05, 0) is 75.4 Å². The molecule has 38 heavy (non-hydrogen) atoms. The Bertz CT molecular complexity index is 1130. The molecule has 8 nitrogen and oxygen atoms in total. The van der Waals surface area contributed by atoms with Gasteiger partial charge in [-0.2, -0.15) is 0 Å². The van der Waals surface area contributed by atoms with Gasteiger partial charge < -0.3 is 29.1 Å². The Hall–Kier alpha value is -2.81. The van der Waals surface area contributed by atoms with Crippen LogP contribution >= 0.6 is 0 Å². The highest BCUT2D eigenvalue weighted by atomic mass is 16.5. The zero-order valence-electron chi connectivity index (χ0n) is 22.9. The predicted molar refractivity (Wildman–Crippen MR) is 149 cm³/mol. The first-order valence-electron chi connectivity index (χ1n) is 13.9. The molecule has 1 N–H and O–H groups in total. The summed E-state index contributed by atoms with van der Waals surface area (Å²) < 4.78 is 17.4. The Balaban J connectivity index is 1.26. The second kappa shape index (κ2) is 11.5. The lowest BCUT2D eigenvalue weighted by molar-refractivity contribution is 0.0385. The molecule has 2 aromatic carbocycles. The van der Waals surface area contributed by atoms with E-state index in [1.165, 1.54) is 0 Å². The Morgan fingerprint density at radius 2 is 1.92 bits per heavy atom. The van der Waals surface area contributed by atoms with Crippen molar-refractivity contribution in [2.45, 2.75) is 51.2 Å². The van der Waals surface area contributed by atoms with Crippen LogP contribution < -0.4 is 19.3 Å². The number of ether oxygens (including phenoxy) is 3. The maximum Gasteiger partial charge on any atom is 0.258 e. The van der Waals surface area contributed by atoms with Gasteiger partial charge in [-0.3, -0.25) is 9.69 Å². The molecule has 2 fully saturated rings. The number of hydrogen-bond acceptors (Lipinski definition) is 7. The summed E-state index contributed by atoms with van der Waals surface area (Å²) in [6, 6.07) is 11.9. The lowest BCUT2D eigenvalue weighted by atomic mass is 9.98. The molecule has 0 aliphatic carbocycles. The van der Waals surface area contributed by atoms with Crippen LogP contribution in [0, 0.1) is 0 Å². The number of fused-ring (bicyclic) bond motifs is 1. The third-order valence-corrected chi connectivity index (χ3v) is 7.63. The van der Waals surface area contributed by atoms with E-state index < -0.39 is 5.60 Å². The molecule has 5 rings (SSSR count). The smallest absolute Gasteiger partial charge is 0.258 e. The normalized spacial score (nSPS) is 20.8. The van der Waals surface area contributed by atoms with E-state index in [1.807, 2.05) is 49.1 Å². The molecule has 1 atom stereocenters. The van der Waals surface area contributed by atoms with Crippen LogP contribution in [-0.2, 0) is 11.2 Å². The van der Waals surface area contributed by atoms with Gasteiger partial charge >= 0.3 is 0 Å². The first-order chi connectivity index (χ1) is 18.3. The summed E-state index contributed by atoms with van der Waals surface area (Å²) in [5.41, 5.74) is 2.94. The lowest BCUT2D eigenvalue weighted by Crippen LogP contribution is -2.40. The van der Waals surface area contributed by atoms with Crippen molar-refractivity contribution in [3.63, 3.8) is 0 Å². The molecule has 2 aromatic rings. The van der Waals surface area contributed by atoms with Gasteiger partial charge in [-0.15, -0.1) is 0 Å². The molecule has 2 saturated heterocycles. The largest absolute Gasteiger partial charge is 0.495 e. The van der Waals surface area contributed by atoms with E-state index in [0.29, 0.717) is 19.7 Å². The Labute approximate surface area is 226 Å². The van der Waals surface area contributed by atoms with E-state index in [2.05, 4.69) is 15.9 Å². The quantitative estimate of drug-likeness (QED) is 0.565. The van der Waals surface area contributed by atoms with Gasteiger partial charge in [0.15, 0.2) is 0 Å². The van der Waals surface area contributed by atoms with Crippen LogP contribution in [0.5, 0.6) is 11.5 Å². The summed E-state index contributed by atoms with van der Waals surface area (Å²) in [6.45, 7) is 9.99. The molecular weight excluding hydrogens is 482 g/mol. The molecular formula is C30H41N3O5. The molecule has 0 spiro atoms. The minimum absolute atomic E-state index is 0.00348. The van der Waals surface area contributed by atoms with Crippen molar-refractivity contribution in [2.75, 3.05) is 69.4 Å². The van der Waals surface area contributed by atoms with Gasteiger partial charge in [0, 0.05) is 63.2 Å². The second-order valence-electron chi connectivity index (χ2n) is 11.3. The van der Waals surface area contributed by atoms with Crippen molar-refractivity contribution in [2.24, 2.45) is 0 Å². The van der Waals surface area contributed by atoms with E-state index in [0.717, 1.165) is 92.5 Å². The van der Waals surface area contributed by atoms with Gasteiger partial charge in [-0.1, -0.05) is 0 Å². The summed E-state index contributed by atoms with van der Waals surface area (Å²) in [6.07, 6.45) is 4.09. The van der Waals surface area contributed by atoms with Gasteiger partial charge in [0.25, 0.3) is 5.91 Å². The van der Waals surface area contributed by atoms with Crippen LogP contribution in [0.25, 0.3) is 0 Å². The standard InChI is InChI=1S/C30H41N3O5/c1-30(2,35)21-31-12-5-13-32(16-15-31)27-10-7-23(19-28(27)36-3)33-14-11-22-18-24(8-9-26(22)29(33)34)38-20-25-6-4-17-37-25/h7-10,18-19,25,35H,4-6,11-17,20-21H2,1-3H3/t25-/m0/s1. The Kier molecular flexibility index (Phi) is 8.12. The topological polar surface area (TPSA) is 74.7 Å². The molecule has 3 aliphatic heterocycles. The van der Waals surface area contributed by atoms with Crippen molar-refractivity contribution in [1.29, 1.82) is 0 Å².